The summed E-state index contributed by atoms with van der Waals surface area (Å²) in [5, 5.41) is 7.84. The Morgan fingerprint density at radius 2 is 2.12 bits per heavy atom. The number of aromatic nitrogens is 1. The molecule has 2 aromatic rings. The van der Waals surface area contributed by atoms with Crippen LogP contribution < -0.4 is 10.6 Å². The Balaban J connectivity index is 0.00000243. The van der Waals surface area contributed by atoms with Gasteiger partial charge in [-0.05, 0) is 32.9 Å². The van der Waals surface area contributed by atoms with Crippen LogP contribution in [0.2, 0.25) is 5.02 Å². The molecule has 0 radical (unpaired) electrons. The Morgan fingerprint density at radius 3 is 2.77 bits per heavy atom. The standard InChI is InChI=1S/C18H22ClN3O2S.ClH/c1-10(21-17(23)15-11(2)24-9-8-20-15)18-22-16(12(3)25-18)13-4-6-14(19)7-5-13;/h4-7,10-11,15,20H,8-9H2,1-3H3,(H,21,23);1H/t10?,11-,15+;/m1./s1. The van der Waals surface area contributed by atoms with E-state index in [2.05, 4.69) is 10.6 Å². The molecule has 2 N–H and O–H groups in total. The van der Waals surface area contributed by atoms with Crippen LogP contribution in [0.5, 0.6) is 0 Å². The van der Waals surface area contributed by atoms with Gasteiger partial charge < -0.3 is 15.4 Å². The molecule has 142 valence electrons. The summed E-state index contributed by atoms with van der Waals surface area (Å²) < 4.78 is 5.54. The molecule has 1 aliphatic heterocycles. The lowest BCUT2D eigenvalue weighted by atomic mass is 10.1. The minimum atomic E-state index is -0.326. The number of ether oxygens (including phenoxy) is 1. The van der Waals surface area contributed by atoms with Gasteiger partial charge in [-0.2, -0.15) is 0 Å². The van der Waals surface area contributed by atoms with Crippen molar-refractivity contribution in [2.75, 3.05) is 13.2 Å². The molecule has 0 saturated carbocycles. The van der Waals surface area contributed by atoms with Crippen molar-refractivity contribution in [3.63, 3.8) is 0 Å². The van der Waals surface area contributed by atoms with E-state index in [1.54, 1.807) is 11.3 Å². The second-order valence-corrected chi connectivity index (χ2v) is 7.87. The van der Waals surface area contributed by atoms with Crippen LogP contribution >= 0.6 is 35.3 Å². The zero-order valence-electron chi connectivity index (χ0n) is 14.9. The normalized spacial score (nSPS) is 20.9. The molecule has 0 aliphatic carbocycles. The van der Waals surface area contributed by atoms with E-state index in [9.17, 15) is 4.79 Å². The maximum Gasteiger partial charge on any atom is 0.240 e. The third-order valence-corrected chi connectivity index (χ3v) is 5.66. The lowest BCUT2D eigenvalue weighted by Crippen LogP contribution is -2.55. The summed E-state index contributed by atoms with van der Waals surface area (Å²) in [7, 11) is 0. The van der Waals surface area contributed by atoms with Crippen molar-refractivity contribution in [3.8, 4) is 11.3 Å². The number of rotatable bonds is 4. The molecule has 1 aromatic carbocycles. The van der Waals surface area contributed by atoms with Crippen molar-refractivity contribution in [1.82, 2.24) is 15.6 Å². The number of carbonyl (C=O) groups excluding carboxylic acids is 1. The molecule has 1 aromatic heterocycles. The van der Waals surface area contributed by atoms with Crippen molar-refractivity contribution >= 4 is 41.3 Å². The minimum absolute atomic E-state index is 0. The number of halogens is 2. The molecular formula is C18H23Cl2N3O2S. The summed E-state index contributed by atoms with van der Waals surface area (Å²) in [4.78, 5) is 18.4. The Bertz CT molecular complexity index is 751. The third kappa shape index (κ3) is 4.75. The van der Waals surface area contributed by atoms with Crippen LogP contribution in [-0.4, -0.2) is 36.2 Å². The van der Waals surface area contributed by atoms with E-state index >= 15 is 0 Å². The van der Waals surface area contributed by atoms with Crippen molar-refractivity contribution in [2.45, 2.75) is 39.0 Å². The van der Waals surface area contributed by atoms with E-state index in [0.29, 0.717) is 18.2 Å². The van der Waals surface area contributed by atoms with E-state index in [4.69, 9.17) is 21.3 Å². The molecule has 0 spiro atoms. The van der Waals surface area contributed by atoms with Crippen LogP contribution in [0, 0.1) is 6.92 Å². The Kier molecular flexibility index (Phi) is 7.43. The number of carbonyl (C=O) groups is 1. The second kappa shape index (κ2) is 9.15. The molecule has 5 nitrogen and oxygen atoms in total. The number of morpholine rings is 1. The second-order valence-electron chi connectivity index (χ2n) is 6.20. The number of nitrogens with zero attached hydrogens (tertiary/aromatic N) is 1. The predicted molar refractivity (Wildman–Crippen MR) is 108 cm³/mol. The molecule has 3 rings (SSSR count). The average Bonchev–Trinajstić information content (AvgIpc) is 2.98. The molecule has 1 aliphatic rings. The summed E-state index contributed by atoms with van der Waals surface area (Å²) >= 11 is 7.56. The largest absolute Gasteiger partial charge is 0.375 e. The number of thiazole rings is 1. The summed E-state index contributed by atoms with van der Waals surface area (Å²) in [6.07, 6.45) is -0.136. The van der Waals surface area contributed by atoms with Crippen molar-refractivity contribution in [2.24, 2.45) is 0 Å². The van der Waals surface area contributed by atoms with Gasteiger partial charge in [0.15, 0.2) is 0 Å². The highest BCUT2D eigenvalue weighted by molar-refractivity contribution is 7.12. The lowest BCUT2D eigenvalue weighted by Gasteiger charge is -2.30. The van der Waals surface area contributed by atoms with Gasteiger partial charge in [0, 0.05) is 22.0 Å². The minimum Gasteiger partial charge on any atom is -0.375 e. The van der Waals surface area contributed by atoms with Gasteiger partial charge in [0.1, 0.15) is 11.0 Å². The maximum absolute atomic E-state index is 12.5. The first-order chi connectivity index (χ1) is 12.0. The third-order valence-electron chi connectivity index (χ3n) is 4.26. The number of hydrogen-bond acceptors (Lipinski definition) is 5. The van der Waals surface area contributed by atoms with Crippen LogP contribution in [0.25, 0.3) is 11.3 Å². The molecule has 3 atom stereocenters. The molecule has 1 fully saturated rings. The SMILES string of the molecule is Cc1sc(C(C)NC(=O)[C@H]2NCCO[C@@H]2C)nc1-c1ccc(Cl)cc1.Cl. The van der Waals surface area contributed by atoms with Crippen LogP contribution in [0.1, 0.15) is 29.8 Å². The zero-order valence-corrected chi connectivity index (χ0v) is 17.3. The van der Waals surface area contributed by atoms with Crippen molar-refractivity contribution in [1.29, 1.82) is 0 Å². The fourth-order valence-corrected chi connectivity index (χ4v) is 3.94. The summed E-state index contributed by atoms with van der Waals surface area (Å²) in [6.45, 7) is 7.23. The number of aryl methyl sites for hydroxylation is 1. The van der Waals surface area contributed by atoms with E-state index < -0.39 is 0 Å². The first kappa shape index (κ1) is 21.1. The zero-order chi connectivity index (χ0) is 18.0. The van der Waals surface area contributed by atoms with Gasteiger partial charge in [-0.1, -0.05) is 23.7 Å². The number of nitrogens with one attached hydrogen (secondary N) is 2. The van der Waals surface area contributed by atoms with Crippen LogP contribution in [0.4, 0.5) is 0 Å². The van der Waals surface area contributed by atoms with Crippen LogP contribution in [-0.2, 0) is 9.53 Å². The molecule has 2 heterocycles. The first-order valence-corrected chi connectivity index (χ1v) is 9.54. The fourth-order valence-electron chi connectivity index (χ4n) is 2.87. The van der Waals surface area contributed by atoms with Gasteiger partial charge in [0.05, 0.1) is 24.4 Å². The van der Waals surface area contributed by atoms with Gasteiger partial charge in [-0.15, -0.1) is 23.7 Å². The molecular weight excluding hydrogens is 393 g/mol. The van der Waals surface area contributed by atoms with E-state index in [-0.39, 0.29) is 36.5 Å². The smallest absolute Gasteiger partial charge is 0.240 e. The van der Waals surface area contributed by atoms with Gasteiger partial charge in [-0.3, -0.25) is 4.79 Å². The molecule has 1 amide bonds. The lowest BCUT2D eigenvalue weighted by molar-refractivity contribution is -0.129. The van der Waals surface area contributed by atoms with E-state index in [1.165, 1.54) is 0 Å². The number of benzene rings is 1. The fraction of sp³-hybridized carbons (Fsp3) is 0.444. The van der Waals surface area contributed by atoms with Crippen LogP contribution in [0.3, 0.4) is 0 Å². The molecule has 1 unspecified atom stereocenters. The van der Waals surface area contributed by atoms with Crippen LogP contribution in [0.15, 0.2) is 24.3 Å². The molecule has 0 bridgehead atoms. The van der Waals surface area contributed by atoms with Gasteiger partial charge in [-0.25, -0.2) is 4.98 Å². The maximum atomic E-state index is 12.5. The average molecular weight is 416 g/mol. The van der Waals surface area contributed by atoms with Gasteiger partial charge in [0.2, 0.25) is 5.91 Å². The quantitative estimate of drug-likeness (QED) is 0.797. The molecule has 26 heavy (non-hydrogen) atoms. The summed E-state index contributed by atoms with van der Waals surface area (Å²) in [6, 6.07) is 7.15. The highest BCUT2D eigenvalue weighted by Gasteiger charge is 2.29. The Hall–Kier alpha value is -1.18. The topological polar surface area (TPSA) is 63.2 Å². The van der Waals surface area contributed by atoms with Crippen molar-refractivity contribution < 1.29 is 9.53 Å². The van der Waals surface area contributed by atoms with Gasteiger partial charge >= 0.3 is 0 Å². The molecule has 8 heteroatoms. The highest BCUT2D eigenvalue weighted by Crippen LogP contribution is 2.31. The Labute approximate surface area is 168 Å². The van der Waals surface area contributed by atoms with E-state index in [0.717, 1.165) is 21.1 Å². The Morgan fingerprint density at radius 1 is 1.42 bits per heavy atom. The number of hydrogen-bond donors (Lipinski definition) is 2. The monoisotopic (exact) mass is 415 g/mol. The summed E-state index contributed by atoms with van der Waals surface area (Å²) in [5.41, 5.74) is 1.96. The summed E-state index contributed by atoms with van der Waals surface area (Å²) in [5.74, 6) is -0.0550. The highest BCUT2D eigenvalue weighted by atomic mass is 35.5. The number of amides is 1. The van der Waals surface area contributed by atoms with Crippen molar-refractivity contribution in [3.05, 3.63) is 39.2 Å². The van der Waals surface area contributed by atoms with Gasteiger partial charge in [0.25, 0.3) is 0 Å². The van der Waals surface area contributed by atoms with E-state index in [1.807, 2.05) is 45.0 Å². The first-order valence-electron chi connectivity index (χ1n) is 8.34. The predicted octanol–water partition coefficient (Wildman–Crippen LogP) is 3.75. The molecule has 1 saturated heterocycles.